The first-order chi connectivity index (χ1) is 12.9. The van der Waals surface area contributed by atoms with Crippen molar-refractivity contribution in [3.63, 3.8) is 0 Å². The number of carbonyl (C=O) groups is 2. The summed E-state index contributed by atoms with van der Waals surface area (Å²) in [4.78, 5) is 24.1. The molecule has 2 aromatic rings. The zero-order valence-corrected chi connectivity index (χ0v) is 15.1. The van der Waals surface area contributed by atoms with E-state index < -0.39 is 17.5 Å². The number of nitrogens with two attached hydrogens (primary N) is 1. The second-order valence-corrected chi connectivity index (χ2v) is 6.25. The second kappa shape index (κ2) is 9.05. The molecule has 0 saturated heterocycles. The molecule has 7 nitrogen and oxygen atoms in total. The van der Waals surface area contributed by atoms with Crippen molar-refractivity contribution in [3.05, 3.63) is 59.7 Å². The monoisotopic (exact) mass is 373 g/mol. The van der Waals surface area contributed by atoms with Gasteiger partial charge < -0.3 is 25.4 Å². The molecule has 0 aliphatic heterocycles. The number of hydrogen-bond donors (Lipinski definition) is 3. The van der Waals surface area contributed by atoms with E-state index in [2.05, 4.69) is 0 Å². The molecule has 2 rings (SSSR count). The molecule has 0 amide bonds. The number of esters is 2. The van der Waals surface area contributed by atoms with Crippen LogP contribution in [0.4, 0.5) is 0 Å². The molecule has 0 aromatic heterocycles. The third-order valence-electron chi connectivity index (χ3n) is 4.16. The summed E-state index contributed by atoms with van der Waals surface area (Å²) in [5.41, 5.74) is 5.91. The fourth-order valence-electron chi connectivity index (χ4n) is 2.72. The van der Waals surface area contributed by atoms with E-state index in [1.54, 1.807) is 36.4 Å². The number of ether oxygens (including phenoxy) is 2. The Morgan fingerprint density at radius 1 is 1.07 bits per heavy atom. The van der Waals surface area contributed by atoms with Gasteiger partial charge in [0.25, 0.3) is 0 Å². The van der Waals surface area contributed by atoms with Crippen LogP contribution in [-0.2, 0) is 20.7 Å². The molecular formula is C20H23NO6. The lowest BCUT2D eigenvalue weighted by molar-refractivity contribution is -0.147. The number of phenols is 2. The smallest absolute Gasteiger partial charge is 0.338 e. The first-order valence-corrected chi connectivity index (χ1v) is 8.46. The quantitative estimate of drug-likeness (QED) is 0.368. The van der Waals surface area contributed by atoms with Crippen molar-refractivity contribution in [1.82, 2.24) is 0 Å². The topological polar surface area (TPSA) is 119 Å². The molecule has 0 saturated carbocycles. The molecular weight excluding hydrogens is 350 g/mol. The van der Waals surface area contributed by atoms with E-state index in [1.807, 2.05) is 0 Å². The SMILES string of the molecule is COC(=O)[C@](N)(CCCOC(=O)c1ccccc1)Cc1ccc(O)c(O)c1. The molecule has 0 radical (unpaired) electrons. The maximum Gasteiger partial charge on any atom is 0.338 e. The molecule has 4 N–H and O–H groups in total. The molecule has 27 heavy (non-hydrogen) atoms. The van der Waals surface area contributed by atoms with Crippen molar-refractivity contribution in [3.8, 4) is 11.5 Å². The molecule has 0 aliphatic carbocycles. The minimum absolute atomic E-state index is 0.0974. The van der Waals surface area contributed by atoms with E-state index in [4.69, 9.17) is 15.2 Å². The number of aromatic hydroxyl groups is 2. The van der Waals surface area contributed by atoms with Crippen molar-refractivity contribution in [2.75, 3.05) is 13.7 Å². The predicted octanol–water partition coefficient (Wildman–Crippen LogP) is 2.15. The van der Waals surface area contributed by atoms with Crippen LogP contribution in [0.25, 0.3) is 0 Å². The van der Waals surface area contributed by atoms with Crippen LogP contribution in [0.1, 0.15) is 28.8 Å². The Morgan fingerprint density at radius 3 is 2.41 bits per heavy atom. The van der Waals surface area contributed by atoms with Gasteiger partial charge >= 0.3 is 11.9 Å². The van der Waals surface area contributed by atoms with Crippen LogP contribution in [0.2, 0.25) is 0 Å². The highest BCUT2D eigenvalue weighted by atomic mass is 16.5. The Labute approximate surface area is 157 Å². The van der Waals surface area contributed by atoms with E-state index in [9.17, 15) is 19.8 Å². The van der Waals surface area contributed by atoms with Gasteiger partial charge in [0, 0.05) is 6.42 Å². The fraction of sp³-hybridized carbons (Fsp3) is 0.300. The summed E-state index contributed by atoms with van der Waals surface area (Å²) in [6.07, 6.45) is 0.664. The summed E-state index contributed by atoms with van der Waals surface area (Å²) in [5, 5.41) is 19.0. The zero-order chi connectivity index (χ0) is 19.9. The highest BCUT2D eigenvalue weighted by Gasteiger charge is 2.35. The van der Waals surface area contributed by atoms with Crippen LogP contribution in [0.15, 0.2) is 48.5 Å². The molecule has 0 unspecified atom stereocenters. The van der Waals surface area contributed by atoms with Crippen molar-refractivity contribution in [2.24, 2.45) is 5.73 Å². The fourth-order valence-corrected chi connectivity index (χ4v) is 2.72. The molecule has 0 heterocycles. The number of phenolic OH excluding ortho intramolecular Hbond substituents is 2. The van der Waals surface area contributed by atoms with Crippen LogP contribution >= 0.6 is 0 Å². The van der Waals surface area contributed by atoms with E-state index in [0.717, 1.165) is 0 Å². The highest BCUT2D eigenvalue weighted by Crippen LogP contribution is 2.27. The van der Waals surface area contributed by atoms with Gasteiger partial charge in [0.1, 0.15) is 5.54 Å². The molecule has 0 spiro atoms. The second-order valence-electron chi connectivity index (χ2n) is 6.25. The lowest BCUT2D eigenvalue weighted by atomic mass is 9.87. The van der Waals surface area contributed by atoms with Gasteiger partial charge in [-0.05, 0) is 42.7 Å². The Kier molecular flexibility index (Phi) is 6.79. The number of hydrogen-bond acceptors (Lipinski definition) is 7. The van der Waals surface area contributed by atoms with Crippen molar-refractivity contribution >= 4 is 11.9 Å². The summed E-state index contributed by atoms with van der Waals surface area (Å²) >= 11 is 0. The lowest BCUT2D eigenvalue weighted by Crippen LogP contribution is -2.50. The summed E-state index contributed by atoms with van der Waals surface area (Å²) in [6.45, 7) is 0.102. The van der Waals surface area contributed by atoms with Crippen LogP contribution < -0.4 is 5.73 Å². The standard InChI is InChI=1S/C20H23NO6/c1-26-19(25)20(21,13-14-8-9-16(22)17(23)12-14)10-5-11-27-18(24)15-6-3-2-4-7-15/h2-4,6-9,12,22-23H,5,10-11,13,21H2,1H3/t20-/m0/s1. The lowest BCUT2D eigenvalue weighted by Gasteiger charge is -2.26. The van der Waals surface area contributed by atoms with Gasteiger partial charge in [0.2, 0.25) is 0 Å². The van der Waals surface area contributed by atoms with Crippen LogP contribution in [0.3, 0.4) is 0 Å². The maximum absolute atomic E-state index is 12.2. The van der Waals surface area contributed by atoms with E-state index in [0.29, 0.717) is 17.5 Å². The predicted molar refractivity (Wildman–Crippen MR) is 98.4 cm³/mol. The summed E-state index contributed by atoms with van der Waals surface area (Å²) < 4.78 is 10.0. The van der Waals surface area contributed by atoms with E-state index in [1.165, 1.54) is 19.2 Å². The van der Waals surface area contributed by atoms with Crippen molar-refractivity contribution in [1.29, 1.82) is 0 Å². The van der Waals surface area contributed by atoms with Gasteiger partial charge in [-0.3, -0.25) is 4.79 Å². The van der Waals surface area contributed by atoms with Gasteiger partial charge in [-0.1, -0.05) is 24.3 Å². The molecule has 0 bridgehead atoms. The molecule has 2 aromatic carbocycles. The number of methoxy groups -OCH3 is 1. The Bertz CT molecular complexity index is 792. The molecule has 7 heteroatoms. The number of rotatable bonds is 8. The Hall–Kier alpha value is -3.06. The van der Waals surface area contributed by atoms with Crippen LogP contribution in [0.5, 0.6) is 11.5 Å². The van der Waals surface area contributed by atoms with Gasteiger partial charge in [-0.25, -0.2) is 4.79 Å². The minimum Gasteiger partial charge on any atom is -0.504 e. The largest absolute Gasteiger partial charge is 0.504 e. The van der Waals surface area contributed by atoms with Crippen molar-refractivity contribution < 1.29 is 29.3 Å². The Morgan fingerprint density at radius 2 is 1.78 bits per heavy atom. The van der Waals surface area contributed by atoms with Gasteiger partial charge in [0.05, 0.1) is 19.3 Å². The number of carbonyl (C=O) groups excluding carboxylic acids is 2. The van der Waals surface area contributed by atoms with Gasteiger partial charge in [0.15, 0.2) is 11.5 Å². The number of benzene rings is 2. The average Bonchev–Trinajstić information content (AvgIpc) is 2.68. The van der Waals surface area contributed by atoms with E-state index in [-0.39, 0.29) is 30.9 Å². The third kappa shape index (κ3) is 5.46. The highest BCUT2D eigenvalue weighted by molar-refractivity contribution is 5.89. The first kappa shape index (κ1) is 20.3. The Balaban J connectivity index is 1.96. The normalized spacial score (nSPS) is 12.8. The average molecular weight is 373 g/mol. The van der Waals surface area contributed by atoms with Crippen LogP contribution in [-0.4, -0.2) is 41.4 Å². The summed E-state index contributed by atoms with van der Waals surface area (Å²) in [7, 11) is 1.24. The van der Waals surface area contributed by atoms with Gasteiger partial charge in [-0.15, -0.1) is 0 Å². The summed E-state index contributed by atoms with van der Waals surface area (Å²) in [6, 6.07) is 12.8. The van der Waals surface area contributed by atoms with Crippen LogP contribution in [0, 0.1) is 0 Å². The van der Waals surface area contributed by atoms with Crippen molar-refractivity contribution in [2.45, 2.75) is 24.8 Å². The van der Waals surface area contributed by atoms with E-state index >= 15 is 0 Å². The zero-order valence-electron chi connectivity index (χ0n) is 15.1. The molecule has 0 aliphatic rings. The molecule has 1 atom stereocenters. The maximum atomic E-state index is 12.2. The molecule has 0 fully saturated rings. The minimum atomic E-state index is -1.35. The third-order valence-corrected chi connectivity index (χ3v) is 4.16. The summed E-state index contributed by atoms with van der Waals surface area (Å²) in [5.74, 6) is -1.60. The first-order valence-electron chi connectivity index (χ1n) is 8.46. The van der Waals surface area contributed by atoms with Gasteiger partial charge in [-0.2, -0.15) is 0 Å². The molecule has 144 valence electrons.